The molecule has 0 bridgehead atoms. The van der Waals surface area contributed by atoms with Gasteiger partial charge in [0.1, 0.15) is 23.2 Å². The van der Waals surface area contributed by atoms with E-state index in [4.69, 9.17) is 14.1 Å². The van der Waals surface area contributed by atoms with Crippen molar-refractivity contribution in [2.45, 2.75) is 51.6 Å². The summed E-state index contributed by atoms with van der Waals surface area (Å²) in [5, 5.41) is 19.3. The fourth-order valence-electron chi connectivity index (χ4n) is 3.45. The molecular formula is C22H23BN2O5. The summed E-state index contributed by atoms with van der Waals surface area (Å²) in [6, 6.07) is 9.34. The minimum Gasteiger partial charge on any atom is -0.477 e. The van der Waals surface area contributed by atoms with E-state index in [-0.39, 0.29) is 11.7 Å². The van der Waals surface area contributed by atoms with Gasteiger partial charge in [0.2, 0.25) is 11.8 Å². The third-order valence-electron chi connectivity index (χ3n) is 5.34. The number of Topliss-reactive ketones (excluding diaryl/α,β-unsaturated/α-hetero) is 1. The average Bonchev–Trinajstić information content (AvgIpc) is 3.54. The summed E-state index contributed by atoms with van der Waals surface area (Å²) in [5.41, 5.74) is 2.88. The monoisotopic (exact) mass is 406 g/mol. The predicted octanol–water partition coefficient (Wildman–Crippen LogP) is 2.98. The first-order valence-electron chi connectivity index (χ1n) is 10.3. The molecular weight excluding hydrogens is 383 g/mol. The van der Waals surface area contributed by atoms with Crippen molar-refractivity contribution in [2.24, 2.45) is 0 Å². The van der Waals surface area contributed by atoms with E-state index >= 15 is 0 Å². The van der Waals surface area contributed by atoms with Crippen molar-refractivity contribution in [3.63, 3.8) is 0 Å². The van der Waals surface area contributed by atoms with Crippen LogP contribution in [0, 0.1) is 11.3 Å². The Hall–Kier alpha value is -2.89. The van der Waals surface area contributed by atoms with Crippen LogP contribution in [0.5, 0.6) is 17.5 Å². The maximum Gasteiger partial charge on any atom is 0.491 e. The third-order valence-corrected chi connectivity index (χ3v) is 5.34. The summed E-state index contributed by atoms with van der Waals surface area (Å²) in [4.78, 5) is 16.0. The molecule has 1 aliphatic carbocycles. The Labute approximate surface area is 175 Å². The lowest BCUT2D eigenvalue weighted by atomic mass is 9.80. The van der Waals surface area contributed by atoms with Crippen LogP contribution in [0.4, 0.5) is 0 Å². The van der Waals surface area contributed by atoms with Crippen molar-refractivity contribution in [2.75, 3.05) is 6.61 Å². The number of fused-ring (bicyclic) bond motifs is 1. The van der Waals surface area contributed by atoms with Crippen molar-refractivity contribution >= 4 is 18.4 Å². The predicted molar refractivity (Wildman–Crippen MR) is 110 cm³/mol. The van der Waals surface area contributed by atoms with Gasteiger partial charge in [0.15, 0.2) is 0 Å². The van der Waals surface area contributed by atoms with E-state index in [1.807, 2.05) is 13.0 Å². The van der Waals surface area contributed by atoms with Gasteiger partial charge in [0.05, 0.1) is 13.2 Å². The summed E-state index contributed by atoms with van der Waals surface area (Å²) in [6.45, 7) is 2.48. The zero-order valence-electron chi connectivity index (χ0n) is 16.9. The molecule has 0 atom stereocenters. The van der Waals surface area contributed by atoms with Crippen LogP contribution >= 0.6 is 0 Å². The molecule has 1 saturated carbocycles. The van der Waals surface area contributed by atoms with Crippen LogP contribution in [0.25, 0.3) is 0 Å². The number of ether oxygens (including phenoxy) is 2. The fraction of sp³-hybridized carbons (Fsp3) is 0.409. The second-order valence-corrected chi connectivity index (χ2v) is 7.59. The molecule has 0 spiro atoms. The van der Waals surface area contributed by atoms with Crippen molar-refractivity contribution in [3.8, 4) is 23.6 Å². The summed E-state index contributed by atoms with van der Waals surface area (Å²) in [5.74, 6) is 1.75. The number of carbonyl (C=O) groups is 1. The molecule has 0 unspecified atom stereocenters. The number of nitriles is 1. The van der Waals surface area contributed by atoms with E-state index in [0.717, 1.165) is 29.4 Å². The largest absolute Gasteiger partial charge is 0.491 e. The summed E-state index contributed by atoms with van der Waals surface area (Å²) in [7, 11) is -0.899. The molecule has 2 heterocycles. The van der Waals surface area contributed by atoms with Crippen molar-refractivity contribution in [3.05, 3.63) is 41.0 Å². The van der Waals surface area contributed by atoms with Crippen molar-refractivity contribution in [1.29, 1.82) is 5.26 Å². The van der Waals surface area contributed by atoms with E-state index in [0.29, 0.717) is 55.6 Å². The minimum absolute atomic E-state index is 0.186. The highest BCUT2D eigenvalue weighted by molar-refractivity contribution is 6.61. The van der Waals surface area contributed by atoms with E-state index in [1.165, 1.54) is 0 Å². The average molecular weight is 406 g/mol. The highest BCUT2D eigenvalue weighted by Crippen LogP contribution is 2.46. The maximum absolute atomic E-state index is 11.5. The Kier molecular flexibility index (Phi) is 6.02. The molecule has 1 aromatic heterocycles. The molecule has 30 heavy (non-hydrogen) atoms. The first-order valence-corrected chi connectivity index (χ1v) is 10.3. The molecule has 1 N–H and O–H groups in total. The van der Waals surface area contributed by atoms with Gasteiger partial charge in [-0.05, 0) is 54.4 Å². The van der Waals surface area contributed by atoms with Crippen molar-refractivity contribution in [1.82, 2.24) is 4.98 Å². The first kappa shape index (κ1) is 20.4. The number of hydrogen-bond acceptors (Lipinski definition) is 7. The van der Waals surface area contributed by atoms with Gasteiger partial charge in [-0.1, -0.05) is 13.0 Å². The molecule has 0 saturated heterocycles. The number of rotatable bonds is 9. The number of nitrogens with zero attached hydrogens (tertiary/aromatic N) is 2. The van der Waals surface area contributed by atoms with Crippen LogP contribution in [0.2, 0.25) is 0 Å². The number of pyridine rings is 1. The van der Waals surface area contributed by atoms with Crippen LogP contribution in [-0.4, -0.2) is 29.5 Å². The van der Waals surface area contributed by atoms with Gasteiger partial charge in [0.25, 0.3) is 0 Å². The Morgan fingerprint density at radius 3 is 2.93 bits per heavy atom. The fourth-order valence-corrected chi connectivity index (χ4v) is 3.45. The Morgan fingerprint density at radius 1 is 1.37 bits per heavy atom. The van der Waals surface area contributed by atoms with Gasteiger partial charge in [-0.2, -0.15) is 10.2 Å². The standard InChI is InChI=1S/C22H23BN2O5/c1-2-17(26)4-3-9-28-21-15(12-24)11-19(14-5-6-14)22(25-21)30-18-7-8-20-16(10-18)13-29-23(20)27/h7-8,10-11,14,27H,2-6,9,13H2,1H3. The second-order valence-electron chi connectivity index (χ2n) is 7.59. The number of ketones is 1. The molecule has 0 amide bonds. The topological polar surface area (TPSA) is 102 Å². The summed E-state index contributed by atoms with van der Waals surface area (Å²) in [6.07, 6.45) is 3.61. The van der Waals surface area contributed by atoms with Crippen molar-refractivity contribution < 1.29 is 23.9 Å². The maximum atomic E-state index is 11.5. The Bertz CT molecular complexity index is 1000. The van der Waals surface area contributed by atoms with E-state index < -0.39 is 7.12 Å². The molecule has 7 nitrogen and oxygen atoms in total. The summed E-state index contributed by atoms with van der Waals surface area (Å²) < 4.78 is 17.0. The molecule has 8 heteroatoms. The molecule has 2 aromatic rings. The molecule has 1 aliphatic heterocycles. The van der Waals surface area contributed by atoms with E-state index in [2.05, 4.69) is 11.1 Å². The Balaban J connectivity index is 1.55. The molecule has 0 radical (unpaired) electrons. The SMILES string of the molecule is CCC(=O)CCCOc1nc(Oc2ccc3c(c2)COB3O)c(C2CC2)cc1C#N. The van der Waals surface area contributed by atoms with Gasteiger partial charge in [-0.25, -0.2) is 0 Å². The number of carbonyl (C=O) groups excluding carboxylic acids is 1. The van der Waals surface area contributed by atoms with Crippen LogP contribution in [0.3, 0.4) is 0 Å². The van der Waals surface area contributed by atoms with Gasteiger partial charge >= 0.3 is 7.12 Å². The van der Waals surface area contributed by atoms with Gasteiger partial charge in [-0.15, -0.1) is 0 Å². The molecule has 2 aliphatic rings. The van der Waals surface area contributed by atoms with Crippen LogP contribution < -0.4 is 14.9 Å². The molecule has 154 valence electrons. The molecule has 4 rings (SSSR count). The second kappa shape index (κ2) is 8.86. The number of aromatic nitrogens is 1. The first-order chi connectivity index (χ1) is 14.6. The highest BCUT2D eigenvalue weighted by Gasteiger charge is 2.31. The molecule has 1 fully saturated rings. The lowest BCUT2D eigenvalue weighted by molar-refractivity contribution is -0.118. The number of hydrogen-bond donors (Lipinski definition) is 1. The zero-order chi connectivity index (χ0) is 21.1. The Morgan fingerprint density at radius 2 is 2.20 bits per heavy atom. The minimum atomic E-state index is -0.899. The lowest BCUT2D eigenvalue weighted by Crippen LogP contribution is -2.27. The molecule has 1 aromatic carbocycles. The van der Waals surface area contributed by atoms with Gasteiger partial charge < -0.3 is 19.2 Å². The van der Waals surface area contributed by atoms with E-state index in [1.54, 1.807) is 18.2 Å². The third kappa shape index (κ3) is 4.48. The summed E-state index contributed by atoms with van der Waals surface area (Å²) >= 11 is 0. The lowest BCUT2D eigenvalue weighted by Gasteiger charge is -2.14. The number of benzene rings is 1. The quantitative estimate of drug-likeness (QED) is 0.505. The van der Waals surface area contributed by atoms with Crippen LogP contribution in [0.1, 0.15) is 61.6 Å². The van der Waals surface area contributed by atoms with Gasteiger partial charge in [0, 0.05) is 18.4 Å². The van der Waals surface area contributed by atoms with Crippen LogP contribution in [-0.2, 0) is 16.1 Å². The van der Waals surface area contributed by atoms with Crippen LogP contribution in [0.15, 0.2) is 24.3 Å². The smallest absolute Gasteiger partial charge is 0.477 e. The van der Waals surface area contributed by atoms with Gasteiger partial charge in [-0.3, -0.25) is 4.79 Å². The van der Waals surface area contributed by atoms with E-state index in [9.17, 15) is 15.1 Å². The highest BCUT2D eigenvalue weighted by atomic mass is 16.5. The zero-order valence-corrected chi connectivity index (χ0v) is 16.9. The normalized spacial score (nSPS) is 14.9.